The van der Waals surface area contributed by atoms with Crippen molar-refractivity contribution >= 4 is 0 Å². The van der Waals surface area contributed by atoms with Crippen LogP contribution in [0.2, 0.25) is 0 Å². The van der Waals surface area contributed by atoms with Crippen LogP contribution in [0.5, 0.6) is 0 Å². The summed E-state index contributed by atoms with van der Waals surface area (Å²) in [6.07, 6.45) is 4.92. The van der Waals surface area contributed by atoms with E-state index in [1.54, 1.807) is 0 Å². The molecule has 0 rings (SSSR count). The van der Waals surface area contributed by atoms with Crippen molar-refractivity contribution in [1.29, 1.82) is 0 Å². The second-order valence-electron chi connectivity index (χ2n) is 4.44. The van der Waals surface area contributed by atoms with Crippen molar-refractivity contribution in [2.45, 2.75) is 52.0 Å². The molecule has 0 saturated heterocycles. The van der Waals surface area contributed by atoms with Crippen molar-refractivity contribution < 1.29 is 0 Å². The summed E-state index contributed by atoms with van der Waals surface area (Å²) in [6.45, 7) is 8.88. The minimum absolute atomic E-state index is 0.350. The van der Waals surface area contributed by atoms with E-state index in [4.69, 9.17) is 5.73 Å². The molecule has 0 bridgehead atoms. The molecule has 0 aliphatic carbocycles. The van der Waals surface area contributed by atoms with E-state index in [2.05, 4.69) is 32.7 Å². The first-order valence-corrected chi connectivity index (χ1v) is 5.46. The number of nitrogens with zero attached hydrogens (tertiary/aromatic N) is 1. The normalized spacial score (nSPS) is 12.5. The molecule has 0 aromatic carbocycles. The second kappa shape index (κ2) is 6.39. The molecule has 0 aromatic heterocycles. The van der Waals surface area contributed by atoms with Gasteiger partial charge in [0.25, 0.3) is 0 Å². The van der Waals surface area contributed by atoms with Crippen LogP contribution in [0, 0.1) is 0 Å². The average molecular weight is 186 g/mol. The van der Waals surface area contributed by atoms with Crippen LogP contribution >= 0.6 is 0 Å². The predicted molar refractivity (Wildman–Crippen MR) is 59.9 cm³/mol. The summed E-state index contributed by atoms with van der Waals surface area (Å²) < 4.78 is 0. The van der Waals surface area contributed by atoms with E-state index in [-0.39, 0.29) is 0 Å². The maximum atomic E-state index is 5.44. The Morgan fingerprint density at radius 1 is 1.15 bits per heavy atom. The fourth-order valence-electron chi connectivity index (χ4n) is 1.24. The zero-order valence-corrected chi connectivity index (χ0v) is 9.77. The number of hydrogen-bond acceptors (Lipinski definition) is 2. The van der Waals surface area contributed by atoms with Gasteiger partial charge < -0.3 is 10.6 Å². The van der Waals surface area contributed by atoms with Crippen LogP contribution in [0.15, 0.2) is 0 Å². The second-order valence-corrected chi connectivity index (χ2v) is 4.44. The molecule has 0 unspecified atom stereocenters. The van der Waals surface area contributed by atoms with Crippen molar-refractivity contribution in [1.82, 2.24) is 4.90 Å². The molecular weight excluding hydrogens is 160 g/mol. The van der Waals surface area contributed by atoms with Crippen molar-refractivity contribution in [2.75, 3.05) is 20.1 Å². The predicted octanol–water partition coefficient (Wildman–Crippen LogP) is 2.24. The van der Waals surface area contributed by atoms with Crippen LogP contribution < -0.4 is 5.73 Å². The fraction of sp³-hybridized carbons (Fsp3) is 1.00. The third kappa shape index (κ3) is 5.27. The average Bonchev–Trinajstić information content (AvgIpc) is 2.12. The summed E-state index contributed by atoms with van der Waals surface area (Å²) in [5.41, 5.74) is 5.79. The highest BCUT2D eigenvalue weighted by atomic mass is 15.2. The Balaban J connectivity index is 3.55. The topological polar surface area (TPSA) is 29.3 Å². The van der Waals surface area contributed by atoms with Crippen LogP contribution in [0.3, 0.4) is 0 Å². The van der Waals surface area contributed by atoms with E-state index in [0.717, 1.165) is 6.54 Å². The zero-order chi connectivity index (χ0) is 10.3. The molecule has 80 valence electrons. The van der Waals surface area contributed by atoms with Crippen LogP contribution in [-0.4, -0.2) is 30.6 Å². The van der Waals surface area contributed by atoms with E-state index >= 15 is 0 Å². The first kappa shape index (κ1) is 12.9. The molecule has 0 fully saturated rings. The Kier molecular flexibility index (Phi) is 6.35. The summed E-state index contributed by atoms with van der Waals surface area (Å²) in [5.74, 6) is 0. The summed E-state index contributed by atoms with van der Waals surface area (Å²) in [4.78, 5) is 2.45. The van der Waals surface area contributed by atoms with E-state index < -0.39 is 0 Å². The van der Waals surface area contributed by atoms with Gasteiger partial charge in [-0.3, -0.25) is 0 Å². The van der Waals surface area contributed by atoms with E-state index in [0.29, 0.717) is 5.54 Å². The van der Waals surface area contributed by atoms with Crippen LogP contribution in [0.4, 0.5) is 0 Å². The van der Waals surface area contributed by atoms with Crippen molar-refractivity contribution in [3.8, 4) is 0 Å². The Morgan fingerprint density at radius 3 is 2.23 bits per heavy atom. The van der Waals surface area contributed by atoms with Gasteiger partial charge in [0.15, 0.2) is 0 Å². The van der Waals surface area contributed by atoms with Gasteiger partial charge in [0.2, 0.25) is 0 Å². The maximum Gasteiger partial charge on any atom is 0.0147 e. The van der Waals surface area contributed by atoms with Gasteiger partial charge in [-0.15, -0.1) is 0 Å². The number of rotatable bonds is 7. The van der Waals surface area contributed by atoms with E-state index in [9.17, 15) is 0 Å². The smallest absolute Gasteiger partial charge is 0.0147 e. The zero-order valence-electron chi connectivity index (χ0n) is 9.77. The minimum atomic E-state index is 0.350. The Labute approximate surface area is 83.5 Å². The van der Waals surface area contributed by atoms with Gasteiger partial charge in [-0.25, -0.2) is 0 Å². The van der Waals surface area contributed by atoms with Gasteiger partial charge in [-0.05, 0) is 53.2 Å². The molecule has 0 heterocycles. The molecular formula is C11H26N2. The van der Waals surface area contributed by atoms with Crippen LogP contribution in [0.1, 0.15) is 46.5 Å². The van der Waals surface area contributed by atoms with Gasteiger partial charge >= 0.3 is 0 Å². The lowest BCUT2D eigenvalue weighted by Crippen LogP contribution is -2.40. The lowest BCUT2D eigenvalue weighted by atomic mass is 9.99. The lowest BCUT2D eigenvalue weighted by Gasteiger charge is -2.34. The molecule has 0 aliphatic heterocycles. The number of unbranched alkanes of at least 4 members (excludes halogenated alkanes) is 2. The minimum Gasteiger partial charge on any atom is -0.330 e. The largest absolute Gasteiger partial charge is 0.330 e. The third-order valence-corrected chi connectivity index (χ3v) is 3.10. The summed E-state index contributed by atoms with van der Waals surface area (Å²) in [5, 5.41) is 0. The summed E-state index contributed by atoms with van der Waals surface area (Å²) in [6, 6.07) is 0. The Morgan fingerprint density at radius 2 is 1.77 bits per heavy atom. The highest BCUT2D eigenvalue weighted by Gasteiger charge is 2.19. The lowest BCUT2D eigenvalue weighted by molar-refractivity contribution is 0.148. The first-order valence-electron chi connectivity index (χ1n) is 5.46. The molecule has 2 N–H and O–H groups in total. The molecule has 2 heteroatoms. The fourth-order valence-corrected chi connectivity index (χ4v) is 1.24. The number of hydrogen-bond donors (Lipinski definition) is 1. The molecule has 0 aliphatic rings. The molecule has 0 radical (unpaired) electrons. The van der Waals surface area contributed by atoms with Crippen molar-refractivity contribution in [3.63, 3.8) is 0 Å². The summed E-state index contributed by atoms with van der Waals surface area (Å²) >= 11 is 0. The number of nitrogens with two attached hydrogens (primary N) is 1. The molecule has 13 heavy (non-hydrogen) atoms. The first-order chi connectivity index (χ1) is 6.04. The summed E-state index contributed by atoms with van der Waals surface area (Å²) in [7, 11) is 2.21. The standard InChI is InChI=1S/C11H26N2/c1-5-11(2,3)13(4)10-8-6-7-9-12/h5-10,12H2,1-4H3. The van der Waals surface area contributed by atoms with Gasteiger partial charge in [-0.2, -0.15) is 0 Å². The van der Waals surface area contributed by atoms with Crippen LogP contribution in [-0.2, 0) is 0 Å². The third-order valence-electron chi connectivity index (χ3n) is 3.10. The molecule has 0 atom stereocenters. The molecule has 0 spiro atoms. The van der Waals surface area contributed by atoms with Gasteiger partial charge in [0, 0.05) is 5.54 Å². The monoisotopic (exact) mass is 186 g/mol. The van der Waals surface area contributed by atoms with Crippen molar-refractivity contribution in [2.24, 2.45) is 5.73 Å². The van der Waals surface area contributed by atoms with E-state index in [1.807, 2.05) is 0 Å². The quantitative estimate of drug-likeness (QED) is 0.618. The maximum absolute atomic E-state index is 5.44. The van der Waals surface area contributed by atoms with Gasteiger partial charge in [0.05, 0.1) is 0 Å². The molecule has 0 amide bonds. The molecule has 0 saturated carbocycles. The Bertz CT molecular complexity index is 121. The molecule has 0 aromatic rings. The van der Waals surface area contributed by atoms with Crippen LogP contribution in [0.25, 0.3) is 0 Å². The van der Waals surface area contributed by atoms with E-state index in [1.165, 1.54) is 32.2 Å². The highest BCUT2D eigenvalue weighted by Crippen LogP contribution is 2.16. The molecule has 2 nitrogen and oxygen atoms in total. The van der Waals surface area contributed by atoms with Gasteiger partial charge in [0.1, 0.15) is 0 Å². The Hall–Kier alpha value is -0.0800. The van der Waals surface area contributed by atoms with Gasteiger partial charge in [-0.1, -0.05) is 13.3 Å². The highest BCUT2D eigenvalue weighted by molar-refractivity contribution is 4.76. The SMILES string of the molecule is CCC(C)(C)N(C)CCCCCN. The van der Waals surface area contributed by atoms with Crippen molar-refractivity contribution in [3.05, 3.63) is 0 Å².